The number of nitrogens with two attached hydrogens (primary N) is 1. The van der Waals surface area contributed by atoms with Crippen molar-refractivity contribution in [2.24, 2.45) is 11.7 Å². The third-order valence-corrected chi connectivity index (χ3v) is 5.21. The summed E-state index contributed by atoms with van der Waals surface area (Å²) in [5, 5.41) is 0. The number of piperidine rings is 2. The molecule has 0 aromatic carbocycles. The summed E-state index contributed by atoms with van der Waals surface area (Å²) in [4.78, 5) is 28.2. The molecular weight excluding hydrogens is 326 g/mol. The van der Waals surface area contributed by atoms with Crippen LogP contribution in [-0.4, -0.2) is 54.3 Å². The molecule has 0 aliphatic carbocycles. The first-order valence-corrected chi connectivity index (χ1v) is 9.46. The Morgan fingerprint density at radius 2 is 1.75 bits per heavy atom. The lowest BCUT2D eigenvalue weighted by Crippen LogP contribution is -2.44. The number of hydrogen-bond donors (Lipinski definition) is 1. The van der Waals surface area contributed by atoms with Crippen LogP contribution >= 0.6 is 12.4 Å². The summed E-state index contributed by atoms with van der Waals surface area (Å²) in [6, 6.07) is 0. The average molecular weight is 360 g/mol. The summed E-state index contributed by atoms with van der Waals surface area (Å²) in [5.41, 5.74) is 5.48. The van der Waals surface area contributed by atoms with Crippen molar-refractivity contribution in [1.82, 2.24) is 9.80 Å². The van der Waals surface area contributed by atoms with E-state index in [-0.39, 0.29) is 12.4 Å². The number of hydrogen-bond acceptors (Lipinski definition) is 3. The normalized spacial score (nSPS) is 19.3. The lowest BCUT2D eigenvalue weighted by molar-refractivity contribution is -0.136. The summed E-state index contributed by atoms with van der Waals surface area (Å²) >= 11 is 0. The molecule has 2 fully saturated rings. The molecule has 0 spiro atoms. The molecule has 2 rings (SSSR count). The van der Waals surface area contributed by atoms with Gasteiger partial charge in [0.25, 0.3) is 0 Å². The van der Waals surface area contributed by atoms with Gasteiger partial charge in [0.15, 0.2) is 0 Å². The van der Waals surface area contributed by atoms with Gasteiger partial charge in [-0.1, -0.05) is 12.8 Å². The summed E-state index contributed by atoms with van der Waals surface area (Å²) in [6.07, 6.45) is 9.98. The van der Waals surface area contributed by atoms with Crippen molar-refractivity contribution < 1.29 is 9.59 Å². The number of amides is 2. The van der Waals surface area contributed by atoms with Crippen LogP contribution in [0.4, 0.5) is 0 Å². The van der Waals surface area contributed by atoms with Crippen LogP contribution in [0.1, 0.15) is 64.2 Å². The Morgan fingerprint density at radius 3 is 2.42 bits per heavy atom. The number of carbonyl (C=O) groups excluding carboxylic acids is 2. The van der Waals surface area contributed by atoms with Gasteiger partial charge in [-0.3, -0.25) is 9.59 Å². The van der Waals surface area contributed by atoms with Gasteiger partial charge in [0.05, 0.1) is 0 Å². The van der Waals surface area contributed by atoms with Crippen molar-refractivity contribution in [2.75, 3.05) is 32.7 Å². The first-order valence-electron chi connectivity index (χ1n) is 9.46. The van der Waals surface area contributed by atoms with Crippen LogP contribution in [0.3, 0.4) is 0 Å². The van der Waals surface area contributed by atoms with E-state index in [1.54, 1.807) is 0 Å². The van der Waals surface area contributed by atoms with E-state index in [1.165, 1.54) is 0 Å². The van der Waals surface area contributed by atoms with Crippen LogP contribution in [0.5, 0.6) is 0 Å². The van der Waals surface area contributed by atoms with E-state index < -0.39 is 0 Å². The summed E-state index contributed by atoms with van der Waals surface area (Å²) < 4.78 is 0. The third-order valence-electron chi connectivity index (χ3n) is 5.21. The number of nitrogens with zero attached hydrogens (tertiary/aromatic N) is 2. The lowest BCUT2D eigenvalue weighted by Gasteiger charge is -2.36. The summed E-state index contributed by atoms with van der Waals surface area (Å²) in [7, 11) is 0. The van der Waals surface area contributed by atoms with E-state index in [2.05, 4.69) is 0 Å². The van der Waals surface area contributed by atoms with Crippen LogP contribution in [0.15, 0.2) is 0 Å². The Balaban J connectivity index is 0.00000288. The molecule has 0 aromatic rings. The molecule has 24 heavy (non-hydrogen) atoms. The third kappa shape index (κ3) is 6.98. The van der Waals surface area contributed by atoms with Crippen LogP contribution in [0, 0.1) is 5.92 Å². The van der Waals surface area contributed by atoms with E-state index in [4.69, 9.17) is 5.73 Å². The van der Waals surface area contributed by atoms with E-state index >= 15 is 0 Å². The summed E-state index contributed by atoms with van der Waals surface area (Å²) in [5.74, 6) is 1.21. The molecule has 0 aromatic heterocycles. The molecule has 2 amide bonds. The maximum Gasteiger partial charge on any atom is 0.222 e. The van der Waals surface area contributed by atoms with Crippen molar-refractivity contribution >= 4 is 24.2 Å². The van der Waals surface area contributed by atoms with Gasteiger partial charge in [-0.15, -0.1) is 12.4 Å². The molecular formula is C18H34ClN3O2. The van der Waals surface area contributed by atoms with Gasteiger partial charge in [-0.05, 0) is 51.0 Å². The molecule has 0 saturated carbocycles. The van der Waals surface area contributed by atoms with Gasteiger partial charge < -0.3 is 15.5 Å². The number of unbranched alkanes of at least 4 members (excludes halogenated alkanes) is 3. The van der Waals surface area contributed by atoms with E-state index in [0.717, 1.165) is 90.5 Å². The molecule has 0 radical (unpaired) electrons. The van der Waals surface area contributed by atoms with Crippen molar-refractivity contribution in [3.8, 4) is 0 Å². The zero-order valence-corrected chi connectivity index (χ0v) is 15.7. The predicted molar refractivity (Wildman–Crippen MR) is 99.1 cm³/mol. The Morgan fingerprint density at radius 1 is 1.04 bits per heavy atom. The monoisotopic (exact) mass is 359 g/mol. The van der Waals surface area contributed by atoms with Gasteiger partial charge in [-0.2, -0.15) is 0 Å². The first-order chi connectivity index (χ1) is 11.2. The van der Waals surface area contributed by atoms with Crippen molar-refractivity contribution in [2.45, 2.75) is 64.2 Å². The number of likely N-dealkylation sites (tertiary alicyclic amines) is 2. The number of rotatable bonds is 8. The minimum atomic E-state index is 0. The molecule has 0 bridgehead atoms. The second-order valence-corrected chi connectivity index (χ2v) is 7.07. The highest BCUT2D eigenvalue weighted by Crippen LogP contribution is 2.21. The van der Waals surface area contributed by atoms with Gasteiger partial charge in [0.1, 0.15) is 0 Å². The fourth-order valence-corrected chi connectivity index (χ4v) is 3.66. The highest BCUT2D eigenvalue weighted by molar-refractivity contribution is 5.85. The number of carbonyl (C=O) groups is 2. The maximum absolute atomic E-state index is 12.2. The molecule has 0 unspecified atom stereocenters. The molecule has 2 N–H and O–H groups in total. The van der Waals surface area contributed by atoms with Crippen LogP contribution in [0.25, 0.3) is 0 Å². The number of halogens is 1. The zero-order valence-electron chi connectivity index (χ0n) is 14.9. The zero-order chi connectivity index (χ0) is 16.5. The van der Waals surface area contributed by atoms with Gasteiger partial charge in [0.2, 0.25) is 11.8 Å². The minimum absolute atomic E-state index is 0. The van der Waals surface area contributed by atoms with Crippen molar-refractivity contribution in [1.29, 1.82) is 0 Å². The second kappa shape index (κ2) is 11.7. The Kier molecular flexibility index (Phi) is 10.3. The highest BCUT2D eigenvalue weighted by atomic mass is 35.5. The van der Waals surface area contributed by atoms with E-state index in [9.17, 15) is 9.59 Å². The fourth-order valence-electron chi connectivity index (χ4n) is 3.66. The predicted octanol–water partition coefficient (Wildman–Crippen LogP) is 2.57. The maximum atomic E-state index is 12.2. The second-order valence-electron chi connectivity index (χ2n) is 7.07. The molecule has 6 heteroatoms. The molecule has 2 aliphatic heterocycles. The van der Waals surface area contributed by atoms with Gasteiger partial charge in [0, 0.05) is 39.0 Å². The van der Waals surface area contributed by atoms with E-state index in [0.29, 0.717) is 24.2 Å². The Hall–Kier alpha value is -0.810. The summed E-state index contributed by atoms with van der Waals surface area (Å²) in [6.45, 7) is 4.32. The quantitative estimate of drug-likeness (QED) is 0.677. The van der Waals surface area contributed by atoms with Crippen LogP contribution in [0.2, 0.25) is 0 Å². The van der Waals surface area contributed by atoms with Crippen LogP contribution < -0.4 is 5.73 Å². The minimum Gasteiger partial charge on any atom is -0.343 e. The molecule has 140 valence electrons. The first kappa shape index (κ1) is 21.2. The smallest absolute Gasteiger partial charge is 0.222 e. The molecule has 0 atom stereocenters. The van der Waals surface area contributed by atoms with E-state index in [1.807, 2.05) is 9.80 Å². The van der Waals surface area contributed by atoms with Gasteiger partial charge in [-0.25, -0.2) is 0 Å². The molecule has 5 nitrogen and oxygen atoms in total. The standard InChI is InChI=1S/C18H33N3O2.ClH/c19-11-5-2-1-3-7-17(22)20-13-9-16(10-14-20)15-21-12-6-4-8-18(21)23;/h16H,1-15,19H2;1H. The largest absolute Gasteiger partial charge is 0.343 e. The van der Waals surface area contributed by atoms with Gasteiger partial charge >= 0.3 is 0 Å². The Bertz CT molecular complexity index is 384. The molecule has 2 saturated heterocycles. The molecule has 2 aliphatic rings. The Labute approximate surface area is 152 Å². The van der Waals surface area contributed by atoms with Crippen LogP contribution in [-0.2, 0) is 9.59 Å². The average Bonchev–Trinajstić information content (AvgIpc) is 2.57. The van der Waals surface area contributed by atoms with Crippen molar-refractivity contribution in [3.05, 3.63) is 0 Å². The fraction of sp³-hybridized carbons (Fsp3) is 0.889. The lowest BCUT2D eigenvalue weighted by atomic mass is 9.95. The van der Waals surface area contributed by atoms with Crippen molar-refractivity contribution in [3.63, 3.8) is 0 Å². The molecule has 2 heterocycles. The topological polar surface area (TPSA) is 66.6 Å². The SMILES string of the molecule is Cl.NCCCCCCC(=O)N1CCC(CN2CCCCC2=O)CC1. The highest BCUT2D eigenvalue weighted by Gasteiger charge is 2.26.